The lowest BCUT2D eigenvalue weighted by molar-refractivity contribution is 0.0995. The molecular formula is C14H12N4O4S2. The lowest BCUT2D eigenvalue weighted by Crippen LogP contribution is -2.27. The number of primary sulfonamides is 1. The lowest BCUT2D eigenvalue weighted by atomic mass is 10.2. The van der Waals surface area contributed by atoms with E-state index in [-0.39, 0.29) is 21.4 Å². The summed E-state index contributed by atoms with van der Waals surface area (Å²) in [5, 5.41) is 6.86. The van der Waals surface area contributed by atoms with Crippen LogP contribution >= 0.6 is 11.3 Å². The van der Waals surface area contributed by atoms with Gasteiger partial charge in [-0.1, -0.05) is 0 Å². The molecule has 8 nitrogen and oxygen atoms in total. The van der Waals surface area contributed by atoms with Gasteiger partial charge in [-0.05, 0) is 24.3 Å². The maximum absolute atomic E-state index is 12.7. The third-order valence-corrected chi connectivity index (χ3v) is 5.28. The summed E-state index contributed by atoms with van der Waals surface area (Å²) in [7, 11) is -2.27. The van der Waals surface area contributed by atoms with Crippen molar-refractivity contribution in [3.05, 3.63) is 51.9 Å². The number of aromatic amines is 1. The second kappa shape index (κ2) is 5.82. The predicted octanol–water partition coefficient (Wildman–Crippen LogP) is 0.909. The number of hydrogen-bond donors (Lipinski definition) is 2. The molecule has 0 unspecified atom stereocenters. The average Bonchev–Trinajstić information content (AvgIpc) is 2.98. The Morgan fingerprint density at radius 1 is 1.29 bits per heavy atom. The summed E-state index contributed by atoms with van der Waals surface area (Å²) in [6, 6.07) is 5.56. The van der Waals surface area contributed by atoms with Crippen molar-refractivity contribution < 1.29 is 13.2 Å². The first kappa shape index (κ1) is 16.3. The summed E-state index contributed by atoms with van der Waals surface area (Å²) in [5.41, 5.74) is 0.317. The standard InChI is InChI=1S/C14H12N4O4S2/c1-18(8-2-4-9(5-3-8)24(15,21)22)14(20)10-6-23-13-11(10)12(19)16-7-17-13/h2-7H,1H3,(H2,15,21,22)(H,16,17,19). The van der Waals surface area contributed by atoms with Gasteiger partial charge in [-0.3, -0.25) is 9.59 Å². The Morgan fingerprint density at radius 2 is 1.96 bits per heavy atom. The van der Waals surface area contributed by atoms with Crippen LogP contribution in [0.15, 0.2) is 45.7 Å². The smallest absolute Gasteiger partial charge is 0.260 e. The van der Waals surface area contributed by atoms with Crippen molar-refractivity contribution in [2.75, 3.05) is 11.9 Å². The van der Waals surface area contributed by atoms with Gasteiger partial charge in [0.1, 0.15) is 4.83 Å². The van der Waals surface area contributed by atoms with Gasteiger partial charge >= 0.3 is 0 Å². The van der Waals surface area contributed by atoms with Crippen molar-refractivity contribution in [1.29, 1.82) is 0 Å². The summed E-state index contributed by atoms with van der Waals surface area (Å²) in [6.45, 7) is 0. The van der Waals surface area contributed by atoms with Crippen molar-refractivity contribution >= 4 is 43.2 Å². The lowest BCUT2D eigenvalue weighted by Gasteiger charge is -2.17. The fourth-order valence-electron chi connectivity index (χ4n) is 2.20. The van der Waals surface area contributed by atoms with Crippen molar-refractivity contribution in [3.8, 4) is 0 Å². The normalized spacial score (nSPS) is 11.6. The number of sulfonamides is 1. The Balaban J connectivity index is 1.99. The highest BCUT2D eigenvalue weighted by Gasteiger charge is 2.20. The molecule has 3 rings (SSSR count). The summed E-state index contributed by atoms with van der Waals surface area (Å²) in [4.78, 5) is 32.8. The molecule has 0 aliphatic carbocycles. The third-order valence-electron chi connectivity index (χ3n) is 3.46. The molecule has 0 bridgehead atoms. The van der Waals surface area contributed by atoms with Crippen LogP contribution in [0.5, 0.6) is 0 Å². The van der Waals surface area contributed by atoms with Gasteiger partial charge in [0.2, 0.25) is 10.0 Å². The molecule has 0 atom stereocenters. The van der Waals surface area contributed by atoms with E-state index < -0.39 is 15.9 Å². The molecule has 0 aliphatic rings. The number of carbonyl (C=O) groups excluding carboxylic acids is 1. The second-order valence-corrected chi connectivity index (χ2v) is 7.38. The molecule has 124 valence electrons. The van der Waals surface area contributed by atoms with Gasteiger partial charge in [-0.25, -0.2) is 18.5 Å². The number of fused-ring (bicyclic) bond motifs is 1. The average molecular weight is 364 g/mol. The molecule has 0 spiro atoms. The highest BCUT2D eigenvalue weighted by atomic mass is 32.2. The number of thiophene rings is 1. The molecule has 10 heteroatoms. The minimum absolute atomic E-state index is 0.0475. The zero-order chi connectivity index (χ0) is 17.5. The first-order valence-electron chi connectivity index (χ1n) is 6.65. The third kappa shape index (κ3) is 2.82. The molecule has 0 radical (unpaired) electrons. The van der Waals surface area contributed by atoms with Crippen molar-refractivity contribution in [2.45, 2.75) is 4.90 Å². The summed E-state index contributed by atoms with van der Waals surface area (Å²) in [5.74, 6) is -0.400. The van der Waals surface area contributed by atoms with Gasteiger partial charge in [0.05, 0.1) is 22.2 Å². The first-order chi connectivity index (χ1) is 11.3. The Morgan fingerprint density at radius 3 is 2.58 bits per heavy atom. The number of amides is 1. The van der Waals surface area contributed by atoms with Crippen LogP contribution in [0.2, 0.25) is 0 Å². The highest BCUT2D eigenvalue weighted by Crippen LogP contribution is 2.24. The van der Waals surface area contributed by atoms with Gasteiger partial charge in [-0.2, -0.15) is 0 Å². The van der Waals surface area contributed by atoms with Gasteiger partial charge in [-0.15, -0.1) is 11.3 Å². The number of nitrogens with two attached hydrogens (primary N) is 1. The van der Waals surface area contributed by atoms with Gasteiger partial charge in [0.25, 0.3) is 11.5 Å². The Bertz CT molecular complexity index is 1080. The SMILES string of the molecule is CN(C(=O)c1csc2nc[nH]c(=O)c12)c1ccc(S(N)(=O)=O)cc1. The molecule has 0 saturated heterocycles. The number of benzene rings is 1. The molecule has 1 aromatic carbocycles. The number of anilines is 1. The number of rotatable bonds is 3. The summed E-state index contributed by atoms with van der Waals surface area (Å²) < 4.78 is 22.5. The zero-order valence-corrected chi connectivity index (χ0v) is 14.0. The monoisotopic (exact) mass is 364 g/mol. The van der Waals surface area contributed by atoms with Gasteiger partial charge in [0, 0.05) is 18.1 Å². The molecule has 0 aliphatic heterocycles. The van der Waals surface area contributed by atoms with Crippen LogP contribution < -0.4 is 15.6 Å². The Kier molecular flexibility index (Phi) is 3.95. The maximum Gasteiger partial charge on any atom is 0.260 e. The maximum atomic E-state index is 12.7. The molecule has 0 fully saturated rings. The van der Waals surface area contributed by atoms with Crippen LogP contribution in [-0.2, 0) is 10.0 Å². The van der Waals surface area contributed by atoms with E-state index in [2.05, 4.69) is 9.97 Å². The van der Waals surface area contributed by atoms with E-state index in [1.807, 2.05) is 0 Å². The van der Waals surface area contributed by atoms with E-state index in [9.17, 15) is 18.0 Å². The van der Waals surface area contributed by atoms with E-state index >= 15 is 0 Å². The predicted molar refractivity (Wildman–Crippen MR) is 90.8 cm³/mol. The van der Waals surface area contributed by atoms with Crippen LogP contribution in [-0.4, -0.2) is 31.3 Å². The minimum atomic E-state index is -3.80. The summed E-state index contributed by atoms with van der Waals surface area (Å²) in [6.07, 6.45) is 1.28. The van der Waals surface area contributed by atoms with Crippen LogP contribution in [0, 0.1) is 0 Å². The van der Waals surface area contributed by atoms with Crippen molar-refractivity contribution in [3.63, 3.8) is 0 Å². The van der Waals surface area contributed by atoms with E-state index in [0.29, 0.717) is 10.5 Å². The molecule has 1 amide bonds. The number of nitrogens with zero attached hydrogens (tertiary/aromatic N) is 2. The number of nitrogens with one attached hydrogen (secondary N) is 1. The Hall–Kier alpha value is -2.56. The number of aromatic nitrogens is 2. The largest absolute Gasteiger partial charge is 0.313 e. The minimum Gasteiger partial charge on any atom is -0.313 e. The van der Waals surface area contributed by atoms with Gasteiger partial charge < -0.3 is 9.88 Å². The molecule has 3 aromatic rings. The topological polar surface area (TPSA) is 126 Å². The molecule has 3 N–H and O–H groups in total. The molecule has 2 heterocycles. The number of H-pyrrole nitrogens is 1. The first-order valence-corrected chi connectivity index (χ1v) is 9.07. The quantitative estimate of drug-likeness (QED) is 0.714. The van der Waals surface area contributed by atoms with Crippen LogP contribution in [0.25, 0.3) is 10.2 Å². The fraction of sp³-hybridized carbons (Fsp3) is 0.0714. The van der Waals surface area contributed by atoms with E-state index in [1.54, 1.807) is 5.38 Å². The summed E-state index contributed by atoms with van der Waals surface area (Å²) >= 11 is 1.20. The van der Waals surface area contributed by atoms with Gasteiger partial charge in [0.15, 0.2) is 0 Å². The van der Waals surface area contributed by atoms with Crippen LogP contribution in [0.3, 0.4) is 0 Å². The number of carbonyl (C=O) groups is 1. The molecular weight excluding hydrogens is 352 g/mol. The van der Waals surface area contributed by atoms with E-state index in [0.717, 1.165) is 0 Å². The molecule has 0 saturated carbocycles. The second-order valence-electron chi connectivity index (χ2n) is 4.96. The van der Waals surface area contributed by atoms with Crippen molar-refractivity contribution in [2.24, 2.45) is 5.14 Å². The van der Waals surface area contributed by atoms with Crippen molar-refractivity contribution in [1.82, 2.24) is 9.97 Å². The van der Waals surface area contributed by atoms with E-state index in [4.69, 9.17) is 5.14 Å². The van der Waals surface area contributed by atoms with Crippen LogP contribution in [0.1, 0.15) is 10.4 Å². The highest BCUT2D eigenvalue weighted by molar-refractivity contribution is 7.89. The molecule has 2 aromatic heterocycles. The van der Waals surface area contributed by atoms with Crippen LogP contribution in [0.4, 0.5) is 5.69 Å². The fourth-order valence-corrected chi connectivity index (χ4v) is 3.60. The molecule has 24 heavy (non-hydrogen) atoms. The van der Waals surface area contributed by atoms with E-state index in [1.165, 1.54) is 53.9 Å². The zero-order valence-electron chi connectivity index (χ0n) is 12.4. The Labute approximate surface area is 140 Å². The number of hydrogen-bond acceptors (Lipinski definition) is 6.